The van der Waals surface area contributed by atoms with Crippen LogP contribution in [0.1, 0.15) is 22.3 Å². The van der Waals surface area contributed by atoms with Crippen LogP contribution >= 0.6 is 0 Å². The van der Waals surface area contributed by atoms with Gasteiger partial charge < -0.3 is 0 Å². The van der Waals surface area contributed by atoms with Gasteiger partial charge in [0.05, 0.1) is 16.8 Å². The number of benzene rings is 9. The van der Waals surface area contributed by atoms with Crippen LogP contribution in [0.5, 0.6) is 0 Å². The summed E-state index contributed by atoms with van der Waals surface area (Å²) < 4.78 is 0. The van der Waals surface area contributed by atoms with Gasteiger partial charge in [0.15, 0.2) is 5.82 Å². The second-order valence-electron chi connectivity index (χ2n) is 15.3. The van der Waals surface area contributed by atoms with E-state index < -0.39 is 5.41 Å². The van der Waals surface area contributed by atoms with Crippen LogP contribution in [0, 0.1) is 0 Å². The van der Waals surface area contributed by atoms with E-state index in [0.29, 0.717) is 5.82 Å². The number of hydrogen-bond donors (Lipinski definition) is 0. The van der Waals surface area contributed by atoms with E-state index in [-0.39, 0.29) is 0 Å². The number of aromatic nitrogens is 2. The van der Waals surface area contributed by atoms with Crippen molar-refractivity contribution in [3.8, 4) is 67.3 Å². The van der Waals surface area contributed by atoms with Crippen LogP contribution in [0.2, 0.25) is 0 Å². The minimum Gasteiger partial charge on any atom is -0.228 e. The predicted octanol–water partition coefficient (Wildman–Crippen LogP) is 14.3. The summed E-state index contributed by atoms with van der Waals surface area (Å²) in [6.07, 6.45) is 0. The molecule has 9 aromatic carbocycles. The van der Waals surface area contributed by atoms with E-state index in [2.05, 4.69) is 206 Å². The van der Waals surface area contributed by atoms with Crippen molar-refractivity contribution in [2.75, 3.05) is 0 Å². The first-order chi connectivity index (χ1) is 29.3. The number of hydrogen-bond acceptors (Lipinski definition) is 2. The highest BCUT2D eigenvalue weighted by atomic mass is 14.9. The molecule has 0 radical (unpaired) electrons. The maximum Gasteiger partial charge on any atom is 0.160 e. The lowest BCUT2D eigenvalue weighted by molar-refractivity contribution is 0.769. The van der Waals surface area contributed by atoms with Crippen LogP contribution in [0.25, 0.3) is 78.1 Å². The van der Waals surface area contributed by atoms with Gasteiger partial charge in [-0.25, -0.2) is 9.97 Å². The third kappa shape index (κ3) is 5.80. The first kappa shape index (κ1) is 34.6. The van der Waals surface area contributed by atoms with Crippen molar-refractivity contribution in [2.45, 2.75) is 5.41 Å². The molecule has 1 heterocycles. The summed E-state index contributed by atoms with van der Waals surface area (Å²) in [6.45, 7) is 0. The standard InChI is InChI=1S/C57H38N2/c1-5-20-40(21-6-1)54-38-55(59-56(58-54)41-22-7-2-8-23-41)43-26-17-25-42(35-43)49-36-51-48-32-15-16-34-52(48)57(44-27-9-3-10-28-44,45-29-11-4-12-30-45)53(51)37-50(49)47-33-18-24-39-19-13-14-31-46(39)47/h1-38H. The van der Waals surface area contributed by atoms with E-state index in [4.69, 9.17) is 9.97 Å². The molecule has 10 aromatic rings. The van der Waals surface area contributed by atoms with Crippen LogP contribution in [0.15, 0.2) is 231 Å². The third-order valence-electron chi connectivity index (χ3n) is 12.0. The average molecular weight is 751 g/mol. The van der Waals surface area contributed by atoms with E-state index in [1.807, 2.05) is 24.3 Å². The zero-order valence-electron chi connectivity index (χ0n) is 32.3. The largest absolute Gasteiger partial charge is 0.228 e. The fraction of sp³-hybridized carbons (Fsp3) is 0.0175. The van der Waals surface area contributed by atoms with Crippen molar-refractivity contribution in [3.05, 3.63) is 253 Å². The summed E-state index contributed by atoms with van der Waals surface area (Å²) in [6, 6.07) is 83.2. The van der Waals surface area contributed by atoms with Gasteiger partial charge >= 0.3 is 0 Å². The average Bonchev–Trinajstić information content (AvgIpc) is 3.62. The van der Waals surface area contributed by atoms with Crippen molar-refractivity contribution >= 4 is 10.8 Å². The highest BCUT2D eigenvalue weighted by molar-refractivity contribution is 6.03. The molecule has 0 spiro atoms. The van der Waals surface area contributed by atoms with Crippen LogP contribution in [0.3, 0.4) is 0 Å². The summed E-state index contributed by atoms with van der Waals surface area (Å²) in [5.74, 6) is 0.705. The van der Waals surface area contributed by atoms with Gasteiger partial charge in [-0.1, -0.05) is 206 Å². The summed E-state index contributed by atoms with van der Waals surface area (Å²) in [5, 5.41) is 2.44. The molecule has 0 N–H and O–H groups in total. The molecule has 59 heavy (non-hydrogen) atoms. The summed E-state index contributed by atoms with van der Waals surface area (Å²) in [7, 11) is 0. The van der Waals surface area contributed by atoms with Crippen molar-refractivity contribution in [1.29, 1.82) is 0 Å². The van der Waals surface area contributed by atoms with Crippen LogP contribution in [-0.4, -0.2) is 9.97 Å². The molecule has 1 aliphatic carbocycles. The third-order valence-corrected chi connectivity index (χ3v) is 12.0. The molecule has 2 nitrogen and oxygen atoms in total. The molecule has 0 aliphatic heterocycles. The van der Waals surface area contributed by atoms with Gasteiger partial charge in [-0.15, -0.1) is 0 Å². The van der Waals surface area contributed by atoms with E-state index in [9.17, 15) is 0 Å². The van der Waals surface area contributed by atoms with Crippen molar-refractivity contribution in [1.82, 2.24) is 9.97 Å². The van der Waals surface area contributed by atoms with Crippen molar-refractivity contribution < 1.29 is 0 Å². The Morgan fingerprint density at radius 3 is 1.54 bits per heavy atom. The van der Waals surface area contributed by atoms with E-state index >= 15 is 0 Å². The van der Waals surface area contributed by atoms with Gasteiger partial charge in [0.25, 0.3) is 0 Å². The quantitative estimate of drug-likeness (QED) is 0.162. The molecular weight excluding hydrogens is 713 g/mol. The lowest BCUT2D eigenvalue weighted by atomic mass is 9.67. The highest BCUT2D eigenvalue weighted by Crippen LogP contribution is 2.58. The Morgan fingerprint density at radius 2 is 0.814 bits per heavy atom. The van der Waals surface area contributed by atoms with Gasteiger partial charge in [0.2, 0.25) is 0 Å². The smallest absolute Gasteiger partial charge is 0.160 e. The minimum absolute atomic E-state index is 0.517. The zero-order chi connectivity index (χ0) is 39.2. The van der Waals surface area contributed by atoms with E-state index in [1.165, 1.54) is 60.8 Å². The summed E-state index contributed by atoms with van der Waals surface area (Å²) >= 11 is 0. The molecule has 0 saturated heterocycles. The Hall–Kier alpha value is -7.68. The Balaban J connectivity index is 1.19. The molecule has 0 saturated carbocycles. The Bertz CT molecular complexity index is 3030. The fourth-order valence-corrected chi connectivity index (χ4v) is 9.32. The van der Waals surface area contributed by atoms with Gasteiger partial charge in [-0.2, -0.15) is 0 Å². The fourth-order valence-electron chi connectivity index (χ4n) is 9.32. The van der Waals surface area contributed by atoms with Crippen LogP contribution < -0.4 is 0 Å². The highest BCUT2D eigenvalue weighted by Gasteiger charge is 2.46. The Labute approximate surface area is 344 Å². The molecule has 0 bridgehead atoms. The monoisotopic (exact) mass is 750 g/mol. The normalized spacial score (nSPS) is 12.5. The van der Waals surface area contributed by atoms with Gasteiger partial charge in [-0.3, -0.25) is 0 Å². The minimum atomic E-state index is -0.517. The molecule has 0 fully saturated rings. The number of nitrogens with zero attached hydrogens (tertiary/aromatic N) is 2. The summed E-state index contributed by atoms with van der Waals surface area (Å²) in [5.41, 5.74) is 16.6. The second-order valence-corrected chi connectivity index (χ2v) is 15.3. The molecule has 0 amide bonds. The molecule has 0 atom stereocenters. The maximum atomic E-state index is 5.22. The van der Waals surface area contributed by atoms with E-state index in [0.717, 1.165) is 33.6 Å². The molecule has 11 rings (SSSR count). The van der Waals surface area contributed by atoms with Crippen LogP contribution in [-0.2, 0) is 5.41 Å². The van der Waals surface area contributed by atoms with Crippen molar-refractivity contribution in [3.63, 3.8) is 0 Å². The molecule has 1 aliphatic rings. The van der Waals surface area contributed by atoms with Crippen molar-refractivity contribution in [2.24, 2.45) is 0 Å². The van der Waals surface area contributed by atoms with E-state index in [1.54, 1.807) is 0 Å². The predicted molar refractivity (Wildman–Crippen MR) is 244 cm³/mol. The summed E-state index contributed by atoms with van der Waals surface area (Å²) in [4.78, 5) is 10.3. The number of rotatable bonds is 7. The molecule has 2 heteroatoms. The lowest BCUT2D eigenvalue weighted by Crippen LogP contribution is -2.28. The lowest BCUT2D eigenvalue weighted by Gasteiger charge is -2.34. The first-order valence-corrected chi connectivity index (χ1v) is 20.2. The molecule has 276 valence electrons. The first-order valence-electron chi connectivity index (χ1n) is 20.2. The number of fused-ring (bicyclic) bond motifs is 4. The maximum absolute atomic E-state index is 5.22. The molecule has 1 aromatic heterocycles. The topological polar surface area (TPSA) is 25.8 Å². The second kappa shape index (κ2) is 14.4. The van der Waals surface area contributed by atoms with Gasteiger partial charge in [0.1, 0.15) is 0 Å². The zero-order valence-corrected chi connectivity index (χ0v) is 32.3. The van der Waals surface area contributed by atoms with Gasteiger partial charge in [-0.05, 0) is 90.7 Å². The van der Waals surface area contributed by atoms with Crippen LogP contribution in [0.4, 0.5) is 0 Å². The molecule has 0 unspecified atom stereocenters. The Kier molecular flexibility index (Phi) is 8.41. The molecular formula is C57H38N2. The SMILES string of the molecule is c1ccc(-c2cc(-c3cccc(-c4cc5c(cc4-c4cccc6ccccc46)C(c4ccccc4)(c4ccccc4)c4ccccc4-5)c3)nc(-c3ccccc3)n2)cc1. The Morgan fingerprint density at radius 1 is 0.288 bits per heavy atom. The van der Waals surface area contributed by atoms with Gasteiger partial charge in [0, 0.05) is 16.7 Å².